The highest BCUT2D eigenvalue weighted by molar-refractivity contribution is 5.51. The van der Waals surface area contributed by atoms with Crippen molar-refractivity contribution in [2.75, 3.05) is 25.0 Å². The molecule has 1 aliphatic heterocycles. The molecule has 1 aliphatic carbocycles. The van der Waals surface area contributed by atoms with Crippen LogP contribution < -0.4 is 5.32 Å². The maximum Gasteiger partial charge on any atom is 0.0656 e. The molecule has 0 radical (unpaired) electrons. The van der Waals surface area contributed by atoms with Gasteiger partial charge < -0.3 is 10.4 Å². The number of aliphatic hydroxyl groups is 1. The van der Waals surface area contributed by atoms with Gasteiger partial charge in [-0.3, -0.25) is 4.90 Å². The van der Waals surface area contributed by atoms with E-state index >= 15 is 0 Å². The van der Waals surface area contributed by atoms with E-state index in [0.717, 1.165) is 58.2 Å². The highest BCUT2D eigenvalue weighted by Gasteiger charge is 2.23. The van der Waals surface area contributed by atoms with Crippen LogP contribution in [0, 0.1) is 23.2 Å². The highest BCUT2D eigenvalue weighted by Crippen LogP contribution is 2.28. The molecule has 3 rings (SSSR count). The fourth-order valence-corrected chi connectivity index (χ4v) is 4.03. The van der Waals surface area contributed by atoms with Crippen LogP contribution in [0.15, 0.2) is 24.3 Å². The molecule has 130 valence electrons. The fraction of sp³-hybridized carbons (Fsp3) is 0.650. The molecule has 1 aromatic carbocycles. The van der Waals surface area contributed by atoms with Crippen molar-refractivity contribution in [3.05, 3.63) is 29.8 Å². The lowest BCUT2D eigenvalue weighted by atomic mass is 9.86. The third-order valence-corrected chi connectivity index (χ3v) is 5.59. The van der Waals surface area contributed by atoms with Gasteiger partial charge in [0, 0.05) is 30.8 Å². The van der Waals surface area contributed by atoms with E-state index in [2.05, 4.69) is 40.6 Å². The minimum absolute atomic E-state index is 0.209. The number of aliphatic hydroxyl groups excluding tert-OH is 1. The van der Waals surface area contributed by atoms with Crippen LogP contribution in [0.5, 0.6) is 0 Å². The zero-order valence-electron chi connectivity index (χ0n) is 14.5. The maximum absolute atomic E-state index is 9.28. The Morgan fingerprint density at radius 2 is 1.96 bits per heavy atom. The third kappa shape index (κ3) is 4.49. The number of nitrogens with zero attached hydrogens (tertiary/aromatic N) is 2. The summed E-state index contributed by atoms with van der Waals surface area (Å²) >= 11 is 0. The molecular formula is C20H29N3O. The van der Waals surface area contributed by atoms with Gasteiger partial charge in [0.15, 0.2) is 0 Å². The minimum atomic E-state index is 0.209. The van der Waals surface area contributed by atoms with Gasteiger partial charge in [0.05, 0.1) is 6.07 Å². The van der Waals surface area contributed by atoms with Crippen molar-refractivity contribution >= 4 is 5.69 Å². The van der Waals surface area contributed by atoms with Crippen LogP contribution in [-0.2, 0) is 6.54 Å². The summed E-state index contributed by atoms with van der Waals surface area (Å²) in [7, 11) is 0. The molecule has 4 nitrogen and oxygen atoms in total. The summed E-state index contributed by atoms with van der Waals surface area (Å²) in [5, 5.41) is 22.2. The Hall–Kier alpha value is -1.57. The zero-order chi connectivity index (χ0) is 16.8. The van der Waals surface area contributed by atoms with Crippen molar-refractivity contribution in [3.8, 4) is 6.07 Å². The first-order chi connectivity index (χ1) is 11.8. The number of hydrogen-bond donors (Lipinski definition) is 2. The Bertz CT molecular complexity index is 560. The number of hydrogen-bond acceptors (Lipinski definition) is 4. The summed E-state index contributed by atoms with van der Waals surface area (Å²) in [5.74, 6) is 0.695. The van der Waals surface area contributed by atoms with Crippen LogP contribution in [0.2, 0.25) is 0 Å². The number of anilines is 1. The first-order valence-electron chi connectivity index (χ1n) is 9.35. The number of para-hydroxylation sites is 1. The normalized spacial score (nSPS) is 26.0. The van der Waals surface area contributed by atoms with Gasteiger partial charge in [-0.05, 0) is 62.7 Å². The Balaban J connectivity index is 1.60. The molecule has 0 unspecified atom stereocenters. The average molecular weight is 327 g/mol. The molecule has 2 atom stereocenters. The first-order valence-corrected chi connectivity index (χ1v) is 9.35. The van der Waals surface area contributed by atoms with E-state index in [9.17, 15) is 10.4 Å². The molecule has 0 spiro atoms. The summed E-state index contributed by atoms with van der Waals surface area (Å²) in [4.78, 5) is 2.49. The van der Waals surface area contributed by atoms with Crippen molar-refractivity contribution in [1.82, 2.24) is 4.90 Å². The predicted octanol–water partition coefficient (Wildman–Crippen LogP) is 3.39. The lowest BCUT2D eigenvalue weighted by Crippen LogP contribution is -2.34. The molecule has 2 fully saturated rings. The molecule has 24 heavy (non-hydrogen) atoms. The predicted molar refractivity (Wildman–Crippen MR) is 96.5 cm³/mol. The molecule has 0 bridgehead atoms. The summed E-state index contributed by atoms with van der Waals surface area (Å²) in [6.45, 7) is 3.43. The quantitative estimate of drug-likeness (QED) is 0.870. The number of piperidine rings is 1. The summed E-state index contributed by atoms with van der Waals surface area (Å²) < 4.78 is 0. The molecule has 1 saturated carbocycles. The number of nitriles is 1. The van der Waals surface area contributed by atoms with Gasteiger partial charge in [0.2, 0.25) is 0 Å². The van der Waals surface area contributed by atoms with Gasteiger partial charge in [-0.25, -0.2) is 0 Å². The van der Waals surface area contributed by atoms with Crippen LogP contribution in [0.4, 0.5) is 5.69 Å². The molecular weight excluding hydrogens is 298 g/mol. The lowest BCUT2D eigenvalue weighted by Gasteiger charge is -2.32. The van der Waals surface area contributed by atoms with Crippen LogP contribution in [0.3, 0.4) is 0 Å². The minimum Gasteiger partial charge on any atom is -0.396 e. The number of rotatable bonds is 5. The molecule has 1 aromatic rings. The Kier molecular flexibility index (Phi) is 6.12. The molecule has 1 saturated heterocycles. The molecule has 0 aromatic heterocycles. The van der Waals surface area contributed by atoms with E-state index in [1.54, 1.807) is 0 Å². The second-order valence-corrected chi connectivity index (χ2v) is 7.39. The fourth-order valence-electron chi connectivity index (χ4n) is 4.03. The van der Waals surface area contributed by atoms with Crippen molar-refractivity contribution in [2.45, 2.75) is 51.1 Å². The number of nitrogens with one attached hydrogen (secondary N) is 1. The molecule has 0 amide bonds. The van der Waals surface area contributed by atoms with Crippen LogP contribution in [-0.4, -0.2) is 35.7 Å². The number of benzene rings is 1. The van der Waals surface area contributed by atoms with Crippen LogP contribution >= 0.6 is 0 Å². The van der Waals surface area contributed by atoms with Gasteiger partial charge in [0.25, 0.3) is 0 Å². The van der Waals surface area contributed by atoms with E-state index in [1.165, 1.54) is 11.3 Å². The van der Waals surface area contributed by atoms with Crippen LogP contribution in [0.25, 0.3) is 0 Å². The lowest BCUT2D eigenvalue weighted by molar-refractivity contribution is 0.127. The molecule has 4 heteroatoms. The second kappa shape index (κ2) is 8.50. The van der Waals surface area contributed by atoms with E-state index in [-0.39, 0.29) is 5.92 Å². The zero-order valence-corrected chi connectivity index (χ0v) is 14.5. The van der Waals surface area contributed by atoms with Crippen molar-refractivity contribution in [1.29, 1.82) is 5.26 Å². The first kappa shape index (κ1) is 17.3. The van der Waals surface area contributed by atoms with E-state index in [1.807, 2.05) is 0 Å². The maximum atomic E-state index is 9.28. The highest BCUT2D eigenvalue weighted by atomic mass is 16.3. The SMILES string of the molecule is N#C[C@@H]1CCC[C@@H](Nc2ccccc2CN2CCC(CO)CC2)C1. The van der Waals surface area contributed by atoms with E-state index < -0.39 is 0 Å². The van der Waals surface area contributed by atoms with Gasteiger partial charge in [-0.2, -0.15) is 5.26 Å². The van der Waals surface area contributed by atoms with Gasteiger partial charge >= 0.3 is 0 Å². The molecule has 1 heterocycles. The van der Waals surface area contributed by atoms with Crippen molar-refractivity contribution in [2.24, 2.45) is 11.8 Å². The van der Waals surface area contributed by atoms with Gasteiger partial charge in [0.1, 0.15) is 0 Å². The van der Waals surface area contributed by atoms with Crippen molar-refractivity contribution in [3.63, 3.8) is 0 Å². The number of likely N-dealkylation sites (tertiary alicyclic amines) is 1. The van der Waals surface area contributed by atoms with Gasteiger partial charge in [-0.15, -0.1) is 0 Å². The standard InChI is InChI=1S/C20H29N3O/c21-13-17-4-3-6-19(12-17)22-20-7-2-1-5-18(20)14-23-10-8-16(15-24)9-11-23/h1-2,5,7,16-17,19,22,24H,3-4,6,8-12,14-15H2/t17-,19-/m1/s1. The summed E-state index contributed by atoms with van der Waals surface area (Å²) in [6, 6.07) is 11.5. The average Bonchev–Trinajstić information content (AvgIpc) is 2.64. The summed E-state index contributed by atoms with van der Waals surface area (Å²) in [6.07, 6.45) is 6.52. The van der Waals surface area contributed by atoms with E-state index in [4.69, 9.17) is 0 Å². The third-order valence-electron chi connectivity index (χ3n) is 5.59. The monoisotopic (exact) mass is 327 g/mol. The van der Waals surface area contributed by atoms with E-state index in [0.29, 0.717) is 18.6 Å². The Labute approximate surface area is 145 Å². The molecule has 2 N–H and O–H groups in total. The second-order valence-electron chi connectivity index (χ2n) is 7.39. The topological polar surface area (TPSA) is 59.3 Å². The molecule has 2 aliphatic rings. The Morgan fingerprint density at radius 1 is 1.17 bits per heavy atom. The van der Waals surface area contributed by atoms with Crippen molar-refractivity contribution < 1.29 is 5.11 Å². The van der Waals surface area contributed by atoms with Crippen LogP contribution in [0.1, 0.15) is 44.1 Å². The Morgan fingerprint density at radius 3 is 2.71 bits per heavy atom. The smallest absolute Gasteiger partial charge is 0.0656 e. The largest absolute Gasteiger partial charge is 0.396 e. The van der Waals surface area contributed by atoms with Gasteiger partial charge in [-0.1, -0.05) is 24.6 Å². The summed E-state index contributed by atoms with van der Waals surface area (Å²) in [5.41, 5.74) is 2.57.